The molecule has 1 N–H and O–H groups in total. The minimum atomic E-state index is 0. The molecule has 92 heavy (non-hydrogen) atoms. The van der Waals surface area contributed by atoms with Gasteiger partial charge in [-0.3, -0.25) is 0 Å². The number of H-pyrrole nitrogens is 1. The zero-order chi connectivity index (χ0) is 60.1. The summed E-state index contributed by atoms with van der Waals surface area (Å²) in [5.74, 6) is 0. The number of halogens is 1. The molecule has 7 heteroatoms. The summed E-state index contributed by atoms with van der Waals surface area (Å²) in [6.07, 6.45) is 0. The molecule has 0 fully saturated rings. The maximum Gasteiger partial charge on any atom is 0.137 e. The molecule has 0 saturated carbocycles. The first-order chi connectivity index (χ1) is 45.1. The number of hydrogen-bond donors (Lipinski definition) is 1. The van der Waals surface area contributed by atoms with Crippen LogP contribution in [0, 0.1) is 0 Å². The Labute approximate surface area is 537 Å². The van der Waals surface area contributed by atoms with Crippen molar-refractivity contribution in [1.82, 2.24) is 18.7 Å². The molecule has 0 aliphatic rings. The van der Waals surface area contributed by atoms with Crippen molar-refractivity contribution in [3.8, 4) is 39.3 Å². The Balaban J connectivity index is 0.000000120. The summed E-state index contributed by atoms with van der Waals surface area (Å²) in [7, 11) is 0. The molecule has 0 aliphatic carbocycles. The van der Waals surface area contributed by atoms with Crippen LogP contribution in [-0.4, -0.2) is 18.7 Å². The lowest BCUT2D eigenvalue weighted by Crippen LogP contribution is -1.95. The molecule has 20 aromatic rings. The highest BCUT2D eigenvalue weighted by Gasteiger charge is 2.23. The van der Waals surface area contributed by atoms with Crippen LogP contribution in [0.2, 0.25) is 0 Å². The van der Waals surface area contributed by atoms with Crippen molar-refractivity contribution in [2.24, 2.45) is 0 Å². The number of fused-ring (bicyclic) bond motifs is 20. The first kappa shape index (κ1) is 54.5. The molecule has 0 atom stereocenters. The molecule has 436 valence electrons. The first-order valence-corrected chi connectivity index (χ1v) is 31.5. The summed E-state index contributed by atoms with van der Waals surface area (Å²) >= 11 is 3.42. The number of aromatic nitrogens is 4. The zero-order valence-corrected chi connectivity index (χ0v) is 50.6. The van der Waals surface area contributed by atoms with Crippen molar-refractivity contribution in [2.75, 3.05) is 0 Å². The summed E-state index contributed by atoms with van der Waals surface area (Å²) < 4.78 is 20.8. The van der Waals surface area contributed by atoms with Gasteiger partial charge in [-0.25, -0.2) is 0 Å². The maximum absolute atomic E-state index is 6.33. The lowest BCUT2D eigenvalue weighted by atomic mass is 10.1. The molecular formula is C85H57BrN4O2. The van der Waals surface area contributed by atoms with Crippen LogP contribution >= 0.6 is 15.9 Å². The van der Waals surface area contributed by atoms with Crippen LogP contribution in [0.3, 0.4) is 0 Å². The topological polar surface area (TPSA) is 56.9 Å². The second-order valence-electron chi connectivity index (χ2n) is 23.3. The fourth-order valence-electron chi connectivity index (χ4n) is 14.1. The Bertz CT molecular complexity index is 6200. The van der Waals surface area contributed by atoms with Crippen molar-refractivity contribution >= 4 is 147 Å². The van der Waals surface area contributed by atoms with Gasteiger partial charge in [-0.15, -0.1) is 0 Å². The molecule has 14 aromatic carbocycles. The number of para-hydroxylation sites is 6. The van der Waals surface area contributed by atoms with Crippen molar-refractivity contribution in [1.29, 1.82) is 0 Å². The second kappa shape index (κ2) is 22.1. The number of nitrogens with one attached hydrogen (secondary N) is 1. The molecule has 6 nitrogen and oxygen atoms in total. The third kappa shape index (κ3) is 8.84. The first-order valence-electron chi connectivity index (χ1n) is 30.7. The van der Waals surface area contributed by atoms with Gasteiger partial charge in [0, 0.05) is 104 Å². The van der Waals surface area contributed by atoms with E-state index in [1.165, 1.54) is 109 Å². The van der Waals surface area contributed by atoms with E-state index < -0.39 is 0 Å². The third-order valence-corrected chi connectivity index (χ3v) is 18.7. The van der Waals surface area contributed by atoms with E-state index >= 15 is 0 Å². The van der Waals surface area contributed by atoms with Gasteiger partial charge >= 0.3 is 0 Å². The van der Waals surface area contributed by atoms with E-state index in [1.54, 1.807) is 0 Å². The molecule has 0 spiro atoms. The molecule has 0 unspecified atom stereocenters. The molecule has 0 amide bonds. The SMILES string of the molecule is Brc1ccc(-c2ccccc2)cc1.C.c1ccc(-c2ccc(-n3c4ccccc4c4ccc5c(c6ccccc6n5-c5ccc6c(c5)oc5ccccc56)c43)cc2)cc1.c1ccc2c(c1)[nH]c1c2ccc2c1c1ccccc1n2-c1ccc2c(c1)oc1ccccc12. The minimum Gasteiger partial charge on any atom is -0.456 e. The minimum absolute atomic E-state index is 0. The van der Waals surface area contributed by atoms with E-state index in [0.717, 1.165) is 65.4 Å². The molecule has 20 rings (SSSR count). The van der Waals surface area contributed by atoms with Crippen LogP contribution in [-0.2, 0) is 0 Å². The highest BCUT2D eigenvalue weighted by molar-refractivity contribution is 9.10. The van der Waals surface area contributed by atoms with Gasteiger partial charge in [0.25, 0.3) is 0 Å². The lowest BCUT2D eigenvalue weighted by Gasteiger charge is -2.11. The molecule has 0 aliphatic heterocycles. The Kier molecular flexibility index (Phi) is 13.1. The lowest BCUT2D eigenvalue weighted by molar-refractivity contribution is 0.668. The number of aromatic amines is 1. The van der Waals surface area contributed by atoms with E-state index in [0.29, 0.717) is 0 Å². The van der Waals surface area contributed by atoms with Crippen molar-refractivity contribution in [2.45, 2.75) is 7.43 Å². The van der Waals surface area contributed by atoms with Gasteiger partial charge in [0.2, 0.25) is 0 Å². The largest absolute Gasteiger partial charge is 0.456 e. The maximum atomic E-state index is 6.33. The highest BCUT2D eigenvalue weighted by atomic mass is 79.9. The molecule has 0 bridgehead atoms. The van der Waals surface area contributed by atoms with Gasteiger partial charge in [0.05, 0.1) is 38.6 Å². The Morgan fingerprint density at radius 2 is 0.652 bits per heavy atom. The van der Waals surface area contributed by atoms with E-state index in [1.807, 2.05) is 30.3 Å². The van der Waals surface area contributed by atoms with E-state index in [4.69, 9.17) is 8.83 Å². The van der Waals surface area contributed by atoms with Gasteiger partial charge in [0.1, 0.15) is 22.3 Å². The normalized spacial score (nSPS) is 11.7. The summed E-state index contributed by atoms with van der Waals surface area (Å²) in [6.45, 7) is 0. The van der Waals surface area contributed by atoms with E-state index in [9.17, 15) is 0 Å². The predicted octanol–water partition coefficient (Wildman–Crippen LogP) is 24.5. The van der Waals surface area contributed by atoms with Crippen LogP contribution in [0.1, 0.15) is 7.43 Å². The van der Waals surface area contributed by atoms with Gasteiger partial charge in [-0.05, 0) is 119 Å². The third-order valence-electron chi connectivity index (χ3n) is 18.2. The molecule has 0 saturated heterocycles. The average molecular weight is 1250 g/mol. The number of rotatable bonds is 5. The molecule has 0 radical (unpaired) electrons. The molecule has 6 aromatic heterocycles. The summed E-state index contributed by atoms with van der Waals surface area (Å²) in [6, 6.07) is 112. The molecular weight excluding hydrogens is 1190 g/mol. The van der Waals surface area contributed by atoms with Gasteiger partial charge < -0.3 is 27.5 Å². The highest BCUT2D eigenvalue weighted by Crippen LogP contribution is 2.44. The van der Waals surface area contributed by atoms with Gasteiger partial charge in [0.15, 0.2) is 0 Å². The average Bonchev–Trinajstić information content (AvgIpc) is 1.46. The van der Waals surface area contributed by atoms with Crippen LogP contribution in [0.15, 0.2) is 329 Å². The summed E-state index contributed by atoms with van der Waals surface area (Å²) in [5, 5.41) is 14.6. The van der Waals surface area contributed by atoms with Gasteiger partial charge in [-0.1, -0.05) is 230 Å². The quantitative estimate of drug-likeness (QED) is 0.187. The van der Waals surface area contributed by atoms with Crippen molar-refractivity contribution < 1.29 is 8.83 Å². The fraction of sp³-hybridized carbons (Fsp3) is 0.0118. The van der Waals surface area contributed by atoms with Crippen molar-refractivity contribution in [3.63, 3.8) is 0 Å². The van der Waals surface area contributed by atoms with Crippen molar-refractivity contribution in [3.05, 3.63) is 320 Å². The van der Waals surface area contributed by atoms with E-state index in [2.05, 4.69) is 320 Å². The van der Waals surface area contributed by atoms with Gasteiger partial charge in [-0.2, -0.15) is 0 Å². The Morgan fingerprint density at radius 1 is 0.261 bits per heavy atom. The van der Waals surface area contributed by atoms with Crippen LogP contribution in [0.5, 0.6) is 0 Å². The number of furan rings is 2. The summed E-state index contributed by atoms with van der Waals surface area (Å²) in [4.78, 5) is 3.69. The number of benzene rings is 14. The summed E-state index contributed by atoms with van der Waals surface area (Å²) in [5.41, 5.74) is 21.4. The monoisotopic (exact) mass is 1240 g/mol. The number of nitrogens with zero attached hydrogens (tertiary/aromatic N) is 3. The molecule has 6 heterocycles. The zero-order valence-electron chi connectivity index (χ0n) is 49.1. The second-order valence-corrected chi connectivity index (χ2v) is 24.2. The Hall–Kier alpha value is -11.6. The smallest absolute Gasteiger partial charge is 0.137 e. The van der Waals surface area contributed by atoms with Crippen LogP contribution in [0.25, 0.3) is 170 Å². The standard InChI is InChI=1S/C42H26N2O.C30H18N2O.C12H9Br.CH4/c1-2-10-27(11-3-1)28-18-20-29(21-19-28)44-36-15-7-4-12-31(36)34-24-25-38-41(42(34)44)35-14-5-8-16-37(35)43(38)30-22-23-33-32-13-6-9-17-39(32)45-40(33)26-30;1-4-10-24-19(7-1)22-15-16-26-29(30(22)31-24)23-9-2-5-11-25(23)32(26)18-13-14-21-20-8-3-6-12-27(20)33-28(21)17-18;13-12-8-6-11(7-9-12)10-4-2-1-3-5-10;/h1-26H;1-17,31H;1-9H;1H4. The van der Waals surface area contributed by atoms with E-state index in [-0.39, 0.29) is 7.43 Å². The Morgan fingerprint density at radius 3 is 1.22 bits per heavy atom. The fourth-order valence-corrected chi connectivity index (χ4v) is 14.4. The number of hydrogen-bond acceptors (Lipinski definition) is 2. The predicted molar refractivity (Wildman–Crippen MR) is 392 cm³/mol. The van der Waals surface area contributed by atoms with Crippen LogP contribution in [0.4, 0.5) is 0 Å². The van der Waals surface area contributed by atoms with Crippen LogP contribution < -0.4 is 0 Å².